The van der Waals surface area contributed by atoms with E-state index in [-0.39, 0.29) is 0 Å². The largest absolute Gasteiger partial charge is 0.496 e. The van der Waals surface area contributed by atoms with E-state index < -0.39 is 9.02 Å². The summed E-state index contributed by atoms with van der Waals surface area (Å²) in [5.74, 6) is 1.52. The van der Waals surface area contributed by atoms with Gasteiger partial charge in [-0.25, -0.2) is 0 Å². The minimum Gasteiger partial charge on any atom is -0.496 e. The highest BCUT2D eigenvalue weighted by Crippen LogP contribution is 2.52. The summed E-state index contributed by atoms with van der Waals surface area (Å²) < 4.78 is 11.1. The van der Waals surface area contributed by atoms with Crippen molar-refractivity contribution in [2.24, 2.45) is 0 Å². The van der Waals surface area contributed by atoms with Crippen molar-refractivity contribution < 1.29 is 14.6 Å². The Balaban J connectivity index is 2.89. The van der Waals surface area contributed by atoms with Gasteiger partial charge in [0.25, 0.3) is 0 Å². The number of hydrogen-bond acceptors (Lipinski definition) is 3. The van der Waals surface area contributed by atoms with Crippen LogP contribution in [0.4, 0.5) is 0 Å². The van der Waals surface area contributed by atoms with Crippen LogP contribution in [-0.2, 0) is 12.0 Å². The van der Waals surface area contributed by atoms with Gasteiger partial charge in [-0.2, -0.15) is 0 Å². The SMILES string of the molecule is CCCc1ccc(C(O)(c2c(C)c(OC)c(C)c(C)c2OC)C(C)(C)I)cc1. The number of aliphatic hydroxyl groups is 1. The van der Waals surface area contributed by atoms with Crippen LogP contribution in [0.1, 0.15) is 60.6 Å². The topological polar surface area (TPSA) is 38.7 Å². The zero-order valence-electron chi connectivity index (χ0n) is 18.4. The summed E-state index contributed by atoms with van der Waals surface area (Å²) in [5, 5.41) is 12.3. The van der Waals surface area contributed by atoms with Gasteiger partial charge in [0.2, 0.25) is 0 Å². The summed E-state index contributed by atoms with van der Waals surface area (Å²) in [7, 11) is 3.35. The second-order valence-electron chi connectivity index (χ2n) is 7.95. The highest BCUT2D eigenvalue weighted by Gasteiger charge is 2.48. The van der Waals surface area contributed by atoms with Gasteiger partial charge in [-0.15, -0.1) is 0 Å². The number of halogens is 1. The third-order valence-electron chi connectivity index (χ3n) is 5.73. The molecule has 0 saturated heterocycles. The maximum absolute atomic E-state index is 12.3. The minimum atomic E-state index is -1.25. The fraction of sp³-hybridized carbons (Fsp3) is 0.500. The first-order valence-electron chi connectivity index (χ1n) is 9.77. The van der Waals surface area contributed by atoms with E-state index in [0.29, 0.717) is 0 Å². The second kappa shape index (κ2) is 8.62. The average Bonchev–Trinajstić information content (AvgIpc) is 2.64. The molecular formula is C24H33IO3. The third-order valence-corrected chi connectivity index (χ3v) is 6.51. The summed E-state index contributed by atoms with van der Waals surface area (Å²) in [6.45, 7) is 12.3. The maximum atomic E-state index is 12.3. The summed E-state index contributed by atoms with van der Waals surface area (Å²) >= 11 is 2.34. The van der Waals surface area contributed by atoms with Crippen molar-refractivity contribution in [1.29, 1.82) is 0 Å². The normalized spacial score (nSPS) is 13.9. The van der Waals surface area contributed by atoms with Gasteiger partial charge in [-0.1, -0.05) is 60.2 Å². The van der Waals surface area contributed by atoms with E-state index in [1.54, 1.807) is 14.2 Å². The summed E-state index contributed by atoms with van der Waals surface area (Å²) in [6.07, 6.45) is 2.13. The lowest BCUT2D eigenvalue weighted by atomic mass is 9.74. The van der Waals surface area contributed by atoms with Crippen molar-refractivity contribution in [3.63, 3.8) is 0 Å². The molecule has 0 aromatic heterocycles. The third kappa shape index (κ3) is 3.78. The number of benzene rings is 2. The Kier molecular flexibility index (Phi) is 7.08. The van der Waals surface area contributed by atoms with Gasteiger partial charge in [0.05, 0.1) is 17.6 Å². The molecule has 154 valence electrons. The van der Waals surface area contributed by atoms with E-state index in [1.807, 2.05) is 46.8 Å². The van der Waals surface area contributed by atoms with Gasteiger partial charge >= 0.3 is 0 Å². The number of methoxy groups -OCH3 is 2. The molecule has 0 radical (unpaired) electrons. The van der Waals surface area contributed by atoms with Crippen LogP contribution in [0, 0.1) is 20.8 Å². The van der Waals surface area contributed by atoms with Gasteiger partial charge in [-0.05, 0) is 63.3 Å². The molecule has 4 heteroatoms. The van der Waals surface area contributed by atoms with E-state index in [9.17, 15) is 5.11 Å². The van der Waals surface area contributed by atoms with Crippen molar-refractivity contribution in [3.05, 3.63) is 57.6 Å². The lowest BCUT2D eigenvalue weighted by Crippen LogP contribution is -2.45. The molecule has 3 nitrogen and oxygen atoms in total. The van der Waals surface area contributed by atoms with E-state index in [1.165, 1.54) is 5.56 Å². The first kappa shape index (κ1) is 23.0. The Bertz CT molecular complexity index is 835. The standard InChI is InChI=1S/C24H33IO3/c1-9-10-18-11-13-19(14-12-18)24(26,23(5,6)25)20-17(4)21(27-7)15(2)16(3)22(20)28-8/h11-14,26H,9-10H2,1-8H3. The van der Waals surface area contributed by atoms with E-state index in [2.05, 4.69) is 41.6 Å². The zero-order chi connectivity index (χ0) is 21.3. The molecule has 0 aliphatic heterocycles. The highest BCUT2D eigenvalue weighted by atomic mass is 127. The molecular weight excluding hydrogens is 463 g/mol. The molecule has 0 fully saturated rings. The lowest BCUT2D eigenvalue weighted by molar-refractivity contribution is 0.0517. The number of alkyl halides is 1. The van der Waals surface area contributed by atoms with Crippen LogP contribution < -0.4 is 9.47 Å². The highest BCUT2D eigenvalue weighted by molar-refractivity contribution is 14.1. The predicted molar refractivity (Wildman–Crippen MR) is 125 cm³/mol. The molecule has 2 aromatic carbocycles. The monoisotopic (exact) mass is 496 g/mol. The van der Waals surface area contributed by atoms with Crippen LogP contribution in [-0.4, -0.2) is 22.7 Å². The molecule has 2 aromatic rings. The second-order valence-corrected chi connectivity index (χ2v) is 10.6. The van der Waals surface area contributed by atoms with E-state index >= 15 is 0 Å². The Labute approximate surface area is 183 Å². The molecule has 2 rings (SSSR count). The van der Waals surface area contributed by atoms with Crippen LogP contribution >= 0.6 is 22.6 Å². The molecule has 0 heterocycles. The van der Waals surface area contributed by atoms with Gasteiger partial charge in [-0.3, -0.25) is 0 Å². The number of rotatable bonds is 7. The van der Waals surface area contributed by atoms with Crippen LogP contribution in [0.3, 0.4) is 0 Å². The molecule has 0 bridgehead atoms. The van der Waals surface area contributed by atoms with Crippen molar-refractivity contribution in [2.75, 3.05) is 14.2 Å². The summed E-state index contributed by atoms with van der Waals surface area (Å²) in [4.78, 5) is 0. The van der Waals surface area contributed by atoms with Gasteiger partial charge in [0.15, 0.2) is 0 Å². The smallest absolute Gasteiger partial charge is 0.133 e. The quantitative estimate of drug-likeness (QED) is 0.376. The Morgan fingerprint density at radius 1 is 0.893 bits per heavy atom. The molecule has 0 aliphatic rings. The summed E-state index contributed by atoms with van der Waals surface area (Å²) in [6, 6.07) is 8.33. The molecule has 1 unspecified atom stereocenters. The molecule has 0 aliphatic carbocycles. The van der Waals surface area contributed by atoms with Gasteiger partial charge in [0.1, 0.15) is 17.1 Å². The Hall–Kier alpha value is -1.27. The Morgan fingerprint density at radius 3 is 1.82 bits per heavy atom. The molecule has 0 spiro atoms. The molecule has 1 atom stereocenters. The molecule has 0 amide bonds. The van der Waals surface area contributed by atoms with E-state index in [0.717, 1.165) is 52.2 Å². The maximum Gasteiger partial charge on any atom is 0.133 e. The van der Waals surface area contributed by atoms with Crippen LogP contribution in [0.2, 0.25) is 0 Å². The Morgan fingerprint density at radius 2 is 1.39 bits per heavy atom. The number of ether oxygens (including phenoxy) is 2. The first-order chi connectivity index (χ1) is 13.0. The fourth-order valence-electron chi connectivity index (χ4n) is 4.08. The average molecular weight is 496 g/mol. The zero-order valence-corrected chi connectivity index (χ0v) is 20.5. The predicted octanol–water partition coefficient (Wildman–Crippen LogP) is 6.03. The lowest BCUT2D eigenvalue weighted by Gasteiger charge is -2.42. The van der Waals surface area contributed by atoms with Crippen LogP contribution in [0.15, 0.2) is 24.3 Å². The first-order valence-corrected chi connectivity index (χ1v) is 10.8. The molecule has 1 N–H and O–H groups in total. The van der Waals surface area contributed by atoms with Crippen molar-refractivity contribution in [3.8, 4) is 11.5 Å². The van der Waals surface area contributed by atoms with Crippen molar-refractivity contribution >= 4 is 22.6 Å². The van der Waals surface area contributed by atoms with Gasteiger partial charge < -0.3 is 14.6 Å². The number of hydrogen-bond donors (Lipinski definition) is 1. The molecule has 0 saturated carbocycles. The van der Waals surface area contributed by atoms with E-state index in [4.69, 9.17) is 9.47 Å². The summed E-state index contributed by atoms with van der Waals surface area (Å²) in [5.41, 5.74) is 4.60. The van der Waals surface area contributed by atoms with Crippen molar-refractivity contribution in [1.82, 2.24) is 0 Å². The van der Waals surface area contributed by atoms with Crippen LogP contribution in [0.5, 0.6) is 11.5 Å². The van der Waals surface area contributed by atoms with Crippen LogP contribution in [0.25, 0.3) is 0 Å². The van der Waals surface area contributed by atoms with Gasteiger partial charge in [0, 0.05) is 11.1 Å². The fourth-order valence-corrected chi connectivity index (χ4v) is 4.66. The molecule has 28 heavy (non-hydrogen) atoms. The minimum absolute atomic E-state index is 0.498. The van der Waals surface area contributed by atoms with Crippen molar-refractivity contribution in [2.45, 2.75) is 63.4 Å². The number of aryl methyl sites for hydroxylation is 1.